The van der Waals surface area contributed by atoms with E-state index in [-0.39, 0.29) is 17.9 Å². The highest BCUT2D eigenvalue weighted by Gasteiger charge is 2.50. The van der Waals surface area contributed by atoms with Crippen molar-refractivity contribution in [1.82, 2.24) is 4.90 Å². The van der Waals surface area contributed by atoms with Gasteiger partial charge in [0.05, 0.1) is 6.04 Å². The normalized spacial score (nSPS) is 29.8. The molecule has 15 heavy (non-hydrogen) atoms. The van der Waals surface area contributed by atoms with Gasteiger partial charge >= 0.3 is 6.09 Å². The van der Waals surface area contributed by atoms with Gasteiger partial charge in [0.2, 0.25) is 0 Å². The summed E-state index contributed by atoms with van der Waals surface area (Å²) in [7, 11) is 0. The highest BCUT2D eigenvalue weighted by molar-refractivity contribution is 5.91. The Labute approximate surface area is 89.6 Å². The molecule has 0 aromatic carbocycles. The van der Waals surface area contributed by atoms with Crippen LogP contribution in [0.25, 0.3) is 0 Å². The summed E-state index contributed by atoms with van der Waals surface area (Å²) in [5.41, 5.74) is -0.482. The Morgan fingerprint density at radius 2 is 2.13 bits per heavy atom. The summed E-state index contributed by atoms with van der Waals surface area (Å²) in [5, 5.41) is 0. The third-order valence-electron chi connectivity index (χ3n) is 2.93. The van der Waals surface area contributed by atoms with Crippen molar-refractivity contribution in [3.63, 3.8) is 0 Å². The molecule has 1 heterocycles. The van der Waals surface area contributed by atoms with Crippen LogP contribution in [0.2, 0.25) is 0 Å². The zero-order valence-electron chi connectivity index (χ0n) is 9.45. The van der Waals surface area contributed by atoms with Crippen LogP contribution in [0.1, 0.15) is 33.6 Å². The van der Waals surface area contributed by atoms with Gasteiger partial charge in [0, 0.05) is 18.9 Å². The second-order valence-electron chi connectivity index (χ2n) is 5.34. The van der Waals surface area contributed by atoms with Gasteiger partial charge < -0.3 is 4.74 Å². The molecule has 4 nitrogen and oxygen atoms in total. The number of amides is 1. The van der Waals surface area contributed by atoms with Gasteiger partial charge in [-0.05, 0) is 27.2 Å². The maximum absolute atomic E-state index is 11.7. The Morgan fingerprint density at radius 1 is 1.47 bits per heavy atom. The Hall–Kier alpha value is -1.06. The number of rotatable bonds is 0. The van der Waals surface area contributed by atoms with E-state index in [1.807, 2.05) is 20.8 Å². The molecule has 2 atom stereocenters. The lowest BCUT2D eigenvalue weighted by atomic mass is 9.92. The van der Waals surface area contributed by atoms with E-state index in [2.05, 4.69) is 0 Å². The summed E-state index contributed by atoms with van der Waals surface area (Å²) in [5.74, 6) is 0.585. The minimum absolute atomic E-state index is 0.181. The Balaban J connectivity index is 1.96. The van der Waals surface area contributed by atoms with Crippen molar-refractivity contribution < 1.29 is 14.3 Å². The predicted octanol–water partition coefficient (Wildman–Crippen LogP) is 1.58. The number of hydrogen-bond donors (Lipinski definition) is 0. The second kappa shape index (κ2) is 3.22. The molecule has 1 amide bonds. The molecule has 0 N–H and O–H groups in total. The van der Waals surface area contributed by atoms with Gasteiger partial charge in [-0.1, -0.05) is 0 Å². The SMILES string of the molecule is CC(C)(C)OC(=O)N1C[C@@H]2CCC(=O)[C@H]21. The van der Waals surface area contributed by atoms with E-state index in [1.165, 1.54) is 0 Å². The summed E-state index contributed by atoms with van der Waals surface area (Å²) < 4.78 is 5.23. The molecule has 1 saturated heterocycles. The quantitative estimate of drug-likeness (QED) is 0.611. The van der Waals surface area contributed by atoms with Crippen molar-refractivity contribution in [3.05, 3.63) is 0 Å². The molecule has 0 spiro atoms. The van der Waals surface area contributed by atoms with E-state index >= 15 is 0 Å². The molecule has 0 radical (unpaired) electrons. The lowest BCUT2D eigenvalue weighted by Crippen LogP contribution is -2.59. The number of ether oxygens (including phenoxy) is 1. The van der Waals surface area contributed by atoms with Crippen molar-refractivity contribution in [2.75, 3.05) is 6.54 Å². The van der Waals surface area contributed by atoms with Crippen molar-refractivity contribution in [2.24, 2.45) is 5.92 Å². The van der Waals surface area contributed by atoms with Crippen LogP contribution in [0.3, 0.4) is 0 Å². The molecule has 4 heteroatoms. The number of fused-ring (bicyclic) bond motifs is 1. The van der Waals surface area contributed by atoms with E-state index in [0.29, 0.717) is 18.9 Å². The van der Waals surface area contributed by atoms with Crippen molar-refractivity contribution >= 4 is 11.9 Å². The summed E-state index contributed by atoms with van der Waals surface area (Å²) in [6.07, 6.45) is 1.20. The van der Waals surface area contributed by atoms with Crippen LogP contribution < -0.4 is 0 Å². The van der Waals surface area contributed by atoms with Crippen LogP contribution in [-0.2, 0) is 9.53 Å². The number of nitrogens with zero attached hydrogens (tertiary/aromatic N) is 1. The topological polar surface area (TPSA) is 46.6 Å². The molecule has 2 rings (SSSR count). The van der Waals surface area contributed by atoms with Gasteiger partial charge in [-0.2, -0.15) is 0 Å². The third kappa shape index (κ3) is 1.85. The zero-order valence-corrected chi connectivity index (χ0v) is 9.45. The Morgan fingerprint density at radius 3 is 2.67 bits per heavy atom. The molecule has 2 aliphatic rings. The smallest absolute Gasteiger partial charge is 0.410 e. The van der Waals surface area contributed by atoms with Crippen molar-refractivity contribution in [1.29, 1.82) is 0 Å². The lowest BCUT2D eigenvalue weighted by Gasteiger charge is -2.43. The van der Waals surface area contributed by atoms with Crippen LogP contribution in [0, 0.1) is 5.92 Å². The van der Waals surface area contributed by atoms with Gasteiger partial charge in [0.15, 0.2) is 5.78 Å². The summed E-state index contributed by atoms with van der Waals surface area (Å²) in [6.45, 7) is 6.18. The maximum atomic E-state index is 11.7. The van der Waals surface area contributed by atoms with Crippen molar-refractivity contribution in [2.45, 2.75) is 45.3 Å². The van der Waals surface area contributed by atoms with E-state index in [1.54, 1.807) is 4.90 Å². The number of carbonyl (C=O) groups excluding carboxylic acids is 2. The van der Waals surface area contributed by atoms with Crippen LogP contribution in [0.5, 0.6) is 0 Å². The first-order chi connectivity index (χ1) is 6.88. The number of Topliss-reactive ketones (excluding diaryl/α,β-unsaturated/α-hetero) is 1. The molecule has 0 aromatic heterocycles. The monoisotopic (exact) mass is 211 g/mol. The first-order valence-electron chi connectivity index (χ1n) is 5.41. The second-order valence-corrected chi connectivity index (χ2v) is 5.34. The molecule has 0 unspecified atom stereocenters. The average Bonchev–Trinajstić information content (AvgIpc) is 2.21. The van der Waals surface area contributed by atoms with E-state index in [9.17, 15) is 9.59 Å². The van der Waals surface area contributed by atoms with Gasteiger partial charge in [0.1, 0.15) is 5.60 Å². The number of ketones is 1. The molecule has 0 bridgehead atoms. The van der Waals surface area contributed by atoms with Crippen LogP contribution >= 0.6 is 0 Å². The van der Waals surface area contributed by atoms with Gasteiger partial charge in [-0.3, -0.25) is 9.69 Å². The molecule has 2 fully saturated rings. The fourth-order valence-electron chi connectivity index (χ4n) is 2.25. The van der Waals surface area contributed by atoms with Gasteiger partial charge in [-0.25, -0.2) is 4.79 Å². The summed E-state index contributed by atoms with van der Waals surface area (Å²) in [4.78, 5) is 24.7. The van der Waals surface area contributed by atoms with E-state index < -0.39 is 5.60 Å². The minimum atomic E-state index is -0.482. The molecule has 1 aliphatic carbocycles. The lowest BCUT2D eigenvalue weighted by molar-refractivity contribution is -0.126. The fraction of sp³-hybridized carbons (Fsp3) is 0.818. The molecular weight excluding hydrogens is 194 g/mol. The minimum Gasteiger partial charge on any atom is -0.444 e. The zero-order chi connectivity index (χ0) is 11.2. The summed E-state index contributed by atoms with van der Waals surface area (Å²) in [6, 6.07) is -0.181. The van der Waals surface area contributed by atoms with E-state index in [4.69, 9.17) is 4.74 Å². The summed E-state index contributed by atoms with van der Waals surface area (Å²) >= 11 is 0. The number of carbonyl (C=O) groups is 2. The molecule has 1 aliphatic heterocycles. The standard InChI is InChI=1S/C11H17NO3/c1-11(2,3)15-10(14)12-6-7-4-5-8(13)9(7)12/h7,9H,4-6H2,1-3H3/t7-,9-/m0/s1. The highest BCUT2D eigenvalue weighted by atomic mass is 16.6. The maximum Gasteiger partial charge on any atom is 0.410 e. The average molecular weight is 211 g/mol. The molecule has 1 saturated carbocycles. The van der Waals surface area contributed by atoms with Gasteiger partial charge in [-0.15, -0.1) is 0 Å². The van der Waals surface area contributed by atoms with E-state index in [0.717, 1.165) is 6.42 Å². The fourth-order valence-corrected chi connectivity index (χ4v) is 2.25. The van der Waals surface area contributed by atoms with Crippen molar-refractivity contribution in [3.8, 4) is 0 Å². The molecular formula is C11H17NO3. The van der Waals surface area contributed by atoms with Crippen LogP contribution in [0.15, 0.2) is 0 Å². The predicted molar refractivity (Wildman–Crippen MR) is 54.5 cm³/mol. The van der Waals surface area contributed by atoms with Crippen LogP contribution in [-0.4, -0.2) is 35.0 Å². The first kappa shape index (κ1) is 10.5. The molecule has 84 valence electrons. The highest BCUT2D eigenvalue weighted by Crippen LogP contribution is 2.37. The molecule has 0 aromatic rings. The Bertz CT molecular complexity index is 305. The Kier molecular flexibility index (Phi) is 2.24. The van der Waals surface area contributed by atoms with Gasteiger partial charge in [0.25, 0.3) is 0 Å². The third-order valence-corrected chi connectivity index (χ3v) is 2.93. The number of hydrogen-bond acceptors (Lipinski definition) is 3. The van der Waals surface area contributed by atoms with Crippen LogP contribution in [0.4, 0.5) is 4.79 Å². The largest absolute Gasteiger partial charge is 0.444 e. The first-order valence-corrected chi connectivity index (χ1v) is 5.41. The number of likely N-dealkylation sites (tertiary alicyclic amines) is 1.